The quantitative estimate of drug-likeness (QED) is 0.660. The monoisotopic (exact) mass is 169 g/mol. The average Bonchev–Trinajstić information content (AvgIpc) is 1.93. The summed E-state index contributed by atoms with van der Waals surface area (Å²) in [6.07, 6.45) is 0. The largest absolute Gasteiger partial charge is 0.351 e. The highest BCUT2D eigenvalue weighted by Gasteiger charge is 1.99. The van der Waals surface area contributed by atoms with Crippen molar-refractivity contribution >= 4 is 23.3 Å². The van der Waals surface area contributed by atoms with Crippen LogP contribution in [0.1, 0.15) is 0 Å². The molecule has 0 heterocycles. The van der Waals surface area contributed by atoms with Gasteiger partial charge in [0.15, 0.2) is 0 Å². The molecule has 0 aliphatic rings. The number of hydrogen-bond donors (Lipinski definition) is 2. The first kappa shape index (κ1) is 7.88. The molecule has 0 aliphatic heterocycles. The Morgan fingerprint density at radius 1 is 1.73 bits per heavy atom. The Hall–Kier alpha value is -1.22. The van der Waals surface area contributed by atoms with Gasteiger partial charge in [-0.3, -0.25) is 0 Å². The zero-order chi connectivity index (χ0) is 8.27. The number of rotatable bonds is 1. The molecule has 1 rings (SSSR count). The second-order valence-corrected chi connectivity index (χ2v) is 2.29. The van der Waals surface area contributed by atoms with Gasteiger partial charge in [-0.1, -0.05) is 23.7 Å². The number of hydrogen-bond acceptors (Lipinski definition) is 1. The van der Waals surface area contributed by atoms with E-state index in [1.165, 1.54) is 0 Å². The van der Waals surface area contributed by atoms with Crippen LogP contribution in [0.5, 0.6) is 0 Å². The van der Waals surface area contributed by atoms with E-state index in [2.05, 4.69) is 11.4 Å². The van der Waals surface area contributed by atoms with E-state index in [0.29, 0.717) is 10.7 Å². The van der Waals surface area contributed by atoms with Crippen LogP contribution in [0, 0.1) is 6.07 Å². The first-order valence-corrected chi connectivity index (χ1v) is 3.30. The van der Waals surface area contributed by atoms with Crippen molar-refractivity contribution in [1.29, 1.82) is 0 Å². The minimum atomic E-state index is -0.644. The Morgan fingerprint density at radius 2 is 2.45 bits per heavy atom. The predicted octanol–water partition coefficient (Wildman–Crippen LogP) is 1.63. The summed E-state index contributed by atoms with van der Waals surface area (Å²) >= 11 is 5.67. The van der Waals surface area contributed by atoms with Crippen molar-refractivity contribution in [2.45, 2.75) is 0 Å². The minimum absolute atomic E-state index is 0.404. The van der Waals surface area contributed by atoms with E-state index in [0.717, 1.165) is 0 Å². The van der Waals surface area contributed by atoms with E-state index in [1.807, 2.05) is 0 Å². The van der Waals surface area contributed by atoms with Gasteiger partial charge >= 0.3 is 6.03 Å². The number of nitrogens with two attached hydrogens (primary N) is 1. The molecule has 0 aromatic heterocycles. The lowest BCUT2D eigenvalue weighted by molar-refractivity contribution is 0.259. The molecule has 11 heavy (non-hydrogen) atoms. The third-order valence-electron chi connectivity index (χ3n) is 1.05. The van der Waals surface area contributed by atoms with Crippen molar-refractivity contribution in [3.63, 3.8) is 0 Å². The molecule has 57 valence electrons. The maximum atomic E-state index is 10.4. The summed E-state index contributed by atoms with van der Waals surface area (Å²) in [5.41, 5.74) is 5.27. The number of carbonyl (C=O) groups is 1. The van der Waals surface area contributed by atoms with Crippen LogP contribution in [-0.4, -0.2) is 6.03 Å². The molecule has 1 aromatic carbocycles. The number of amides is 2. The summed E-state index contributed by atoms with van der Waals surface area (Å²) in [6, 6.07) is 7.08. The van der Waals surface area contributed by atoms with Crippen molar-refractivity contribution in [1.82, 2.24) is 0 Å². The highest BCUT2D eigenvalue weighted by atomic mass is 35.5. The summed E-state index contributed by atoms with van der Waals surface area (Å²) in [7, 11) is 0. The number of primary amides is 1. The van der Waals surface area contributed by atoms with Crippen molar-refractivity contribution in [2.75, 3.05) is 5.32 Å². The molecule has 1 radical (unpaired) electrons. The highest BCUT2D eigenvalue weighted by molar-refractivity contribution is 6.33. The van der Waals surface area contributed by atoms with E-state index in [-0.39, 0.29) is 0 Å². The zero-order valence-corrected chi connectivity index (χ0v) is 6.35. The molecule has 0 saturated heterocycles. The average molecular weight is 170 g/mol. The zero-order valence-electron chi connectivity index (χ0n) is 5.60. The molecule has 0 unspecified atom stereocenters. The summed E-state index contributed by atoms with van der Waals surface area (Å²) in [5.74, 6) is 0. The number of nitrogens with one attached hydrogen (secondary N) is 1. The first-order chi connectivity index (χ1) is 5.20. The van der Waals surface area contributed by atoms with Gasteiger partial charge in [-0.2, -0.15) is 0 Å². The summed E-state index contributed by atoms with van der Waals surface area (Å²) < 4.78 is 0. The van der Waals surface area contributed by atoms with Crippen LogP contribution in [0.25, 0.3) is 0 Å². The van der Waals surface area contributed by atoms with Crippen LogP contribution in [0.4, 0.5) is 10.5 Å². The van der Waals surface area contributed by atoms with Crippen LogP contribution in [0.2, 0.25) is 5.02 Å². The van der Waals surface area contributed by atoms with Crippen LogP contribution < -0.4 is 11.1 Å². The lowest BCUT2D eigenvalue weighted by Crippen LogP contribution is -2.19. The van der Waals surface area contributed by atoms with Crippen LogP contribution in [0.15, 0.2) is 18.2 Å². The van der Waals surface area contributed by atoms with Gasteiger partial charge in [-0.05, 0) is 6.07 Å². The number of halogens is 1. The third kappa shape index (κ3) is 2.13. The van der Waals surface area contributed by atoms with Gasteiger partial charge in [-0.25, -0.2) is 4.79 Å². The number of carbonyl (C=O) groups excluding carboxylic acids is 1. The van der Waals surface area contributed by atoms with E-state index >= 15 is 0 Å². The van der Waals surface area contributed by atoms with Gasteiger partial charge in [0, 0.05) is 6.07 Å². The normalized spacial score (nSPS) is 9.18. The number of urea groups is 1. The number of anilines is 1. The lowest BCUT2D eigenvalue weighted by atomic mass is 10.3. The number of para-hydroxylation sites is 1. The lowest BCUT2D eigenvalue weighted by Gasteiger charge is -2.01. The second-order valence-electron chi connectivity index (χ2n) is 1.88. The van der Waals surface area contributed by atoms with Crippen LogP contribution >= 0.6 is 11.6 Å². The van der Waals surface area contributed by atoms with Gasteiger partial charge < -0.3 is 11.1 Å². The topological polar surface area (TPSA) is 55.1 Å². The molecule has 0 bridgehead atoms. The van der Waals surface area contributed by atoms with Crippen molar-refractivity contribution in [2.24, 2.45) is 5.73 Å². The molecule has 4 heteroatoms. The molecular weight excluding hydrogens is 164 g/mol. The molecule has 0 spiro atoms. The maximum absolute atomic E-state index is 10.4. The Kier molecular flexibility index (Phi) is 2.33. The molecule has 0 aliphatic carbocycles. The van der Waals surface area contributed by atoms with Crippen molar-refractivity contribution in [3.05, 3.63) is 29.3 Å². The van der Waals surface area contributed by atoms with Crippen LogP contribution in [-0.2, 0) is 0 Å². The minimum Gasteiger partial charge on any atom is -0.351 e. The van der Waals surface area contributed by atoms with Gasteiger partial charge in [0.1, 0.15) is 0 Å². The molecule has 3 N–H and O–H groups in total. The fourth-order valence-electron chi connectivity index (χ4n) is 0.635. The fourth-order valence-corrected chi connectivity index (χ4v) is 0.810. The molecular formula is C7H6ClN2O. The SMILES string of the molecule is NC(=O)Nc1[c]cccc1Cl. The number of benzene rings is 1. The predicted molar refractivity (Wildman–Crippen MR) is 43.5 cm³/mol. The Balaban J connectivity index is 2.86. The molecule has 0 fully saturated rings. The maximum Gasteiger partial charge on any atom is 0.316 e. The third-order valence-corrected chi connectivity index (χ3v) is 1.37. The van der Waals surface area contributed by atoms with E-state index < -0.39 is 6.03 Å². The summed E-state index contributed by atoms with van der Waals surface area (Å²) in [6.45, 7) is 0. The van der Waals surface area contributed by atoms with Gasteiger partial charge in [0.05, 0.1) is 10.7 Å². The summed E-state index contributed by atoms with van der Waals surface area (Å²) in [4.78, 5) is 10.4. The van der Waals surface area contributed by atoms with Gasteiger partial charge in [0.25, 0.3) is 0 Å². The smallest absolute Gasteiger partial charge is 0.316 e. The van der Waals surface area contributed by atoms with E-state index in [4.69, 9.17) is 17.3 Å². The second kappa shape index (κ2) is 3.25. The molecule has 1 aromatic rings. The van der Waals surface area contributed by atoms with E-state index in [9.17, 15) is 4.79 Å². The van der Waals surface area contributed by atoms with Crippen molar-refractivity contribution in [3.8, 4) is 0 Å². The summed E-state index contributed by atoms with van der Waals surface area (Å²) in [5, 5.41) is 2.75. The Labute approximate surface area is 69.2 Å². The first-order valence-electron chi connectivity index (χ1n) is 2.93. The van der Waals surface area contributed by atoms with Crippen molar-refractivity contribution < 1.29 is 4.79 Å². The Morgan fingerprint density at radius 3 is 3.00 bits per heavy atom. The molecule has 0 saturated carbocycles. The molecule has 3 nitrogen and oxygen atoms in total. The van der Waals surface area contributed by atoms with Crippen LogP contribution in [0.3, 0.4) is 0 Å². The fraction of sp³-hybridized carbons (Fsp3) is 0. The Bertz CT molecular complexity index is 275. The highest BCUT2D eigenvalue weighted by Crippen LogP contribution is 2.18. The molecule has 2 amide bonds. The molecule has 0 atom stereocenters. The van der Waals surface area contributed by atoms with Gasteiger partial charge in [0.2, 0.25) is 0 Å². The van der Waals surface area contributed by atoms with Gasteiger partial charge in [-0.15, -0.1) is 0 Å². The van der Waals surface area contributed by atoms with E-state index in [1.54, 1.807) is 18.2 Å². The standard InChI is InChI=1S/C7H6ClN2O/c8-5-3-1-2-4-6(5)10-7(9)11/h1-3H,(H3,9,10,11).